The van der Waals surface area contributed by atoms with Crippen molar-refractivity contribution >= 4 is 6.03 Å². The van der Waals surface area contributed by atoms with Gasteiger partial charge in [0.05, 0.1) is 6.07 Å². The Morgan fingerprint density at radius 2 is 2.14 bits per heavy atom. The summed E-state index contributed by atoms with van der Waals surface area (Å²) in [6.45, 7) is 6.23. The molecule has 0 aliphatic carbocycles. The highest BCUT2D eigenvalue weighted by atomic mass is 16.5. The summed E-state index contributed by atoms with van der Waals surface area (Å²) < 4.78 is 5.95. The number of nitrogens with two attached hydrogens (primary N) is 1. The number of nitrogens with zero attached hydrogens (tertiary/aromatic N) is 2. The maximum atomic E-state index is 11.9. The molecule has 112 valence electrons. The van der Waals surface area contributed by atoms with E-state index in [4.69, 9.17) is 10.5 Å². The van der Waals surface area contributed by atoms with E-state index in [2.05, 4.69) is 6.07 Å². The number of primary amides is 1. The van der Waals surface area contributed by atoms with Crippen molar-refractivity contribution in [2.45, 2.75) is 44.8 Å². The average Bonchev–Trinajstić information content (AvgIpc) is 2.42. The molecule has 1 atom stereocenters. The number of fused-ring (bicyclic) bond motifs is 1. The topological polar surface area (TPSA) is 79.4 Å². The van der Waals surface area contributed by atoms with Gasteiger partial charge >= 0.3 is 6.03 Å². The fourth-order valence-electron chi connectivity index (χ4n) is 3.06. The van der Waals surface area contributed by atoms with E-state index in [0.717, 1.165) is 6.42 Å². The van der Waals surface area contributed by atoms with Crippen LogP contribution in [-0.2, 0) is 5.54 Å². The van der Waals surface area contributed by atoms with Gasteiger partial charge in [-0.1, -0.05) is 25.1 Å². The van der Waals surface area contributed by atoms with Crippen LogP contribution in [0, 0.1) is 11.3 Å². The van der Waals surface area contributed by atoms with E-state index in [1.165, 1.54) is 4.90 Å². The molecule has 5 heteroatoms. The van der Waals surface area contributed by atoms with E-state index in [-0.39, 0.29) is 0 Å². The number of nitriles is 1. The quantitative estimate of drug-likeness (QED) is 0.928. The van der Waals surface area contributed by atoms with E-state index < -0.39 is 17.2 Å². The second-order valence-electron chi connectivity index (χ2n) is 6.00. The van der Waals surface area contributed by atoms with E-state index in [1.54, 1.807) is 0 Å². The number of amides is 2. The molecule has 0 saturated heterocycles. The highest BCUT2D eigenvalue weighted by Crippen LogP contribution is 2.46. The molecular weight excluding hydrogens is 266 g/mol. The van der Waals surface area contributed by atoms with E-state index in [0.29, 0.717) is 24.3 Å². The maximum absolute atomic E-state index is 11.9. The molecule has 0 bridgehead atoms. The Kier molecular flexibility index (Phi) is 3.82. The summed E-state index contributed by atoms with van der Waals surface area (Å²) in [6, 6.07) is 9.13. The normalized spacial score (nSPS) is 22.6. The molecule has 0 fully saturated rings. The molecule has 0 saturated carbocycles. The van der Waals surface area contributed by atoms with Crippen LogP contribution in [0.5, 0.6) is 5.75 Å². The molecule has 0 spiro atoms. The third kappa shape index (κ3) is 2.54. The van der Waals surface area contributed by atoms with Crippen LogP contribution in [0.4, 0.5) is 4.79 Å². The molecule has 1 aromatic carbocycles. The Bertz CT molecular complexity index is 591. The second-order valence-corrected chi connectivity index (χ2v) is 6.00. The van der Waals surface area contributed by atoms with Crippen LogP contribution in [0.2, 0.25) is 0 Å². The van der Waals surface area contributed by atoms with Gasteiger partial charge in [-0.2, -0.15) is 5.26 Å². The zero-order valence-electron chi connectivity index (χ0n) is 12.7. The summed E-state index contributed by atoms with van der Waals surface area (Å²) in [4.78, 5) is 13.4. The second kappa shape index (κ2) is 5.28. The van der Waals surface area contributed by atoms with Gasteiger partial charge < -0.3 is 15.4 Å². The van der Waals surface area contributed by atoms with E-state index in [1.807, 2.05) is 45.0 Å². The molecule has 2 amide bonds. The van der Waals surface area contributed by atoms with Crippen LogP contribution in [0.3, 0.4) is 0 Å². The Morgan fingerprint density at radius 3 is 2.71 bits per heavy atom. The molecule has 0 unspecified atom stereocenters. The smallest absolute Gasteiger partial charge is 0.316 e. The first kappa shape index (κ1) is 15.2. The number of para-hydroxylation sites is 1. The Morgan fingerprint density at radius 1 is 1.48 bits per heavy atom. The fraction of sp³-hybridized carbons (Fsp3) is 0.500. The van der Waals surface area contributed by atoms with Crippen LogP contribution in [0.1, 0.15) is 39.2 Å². The largest absolute Gasteiger partial charge is 0.487 e. The van der Waals surface area contributed by atoms with Crippen molar-refractivity contribution in [3.63, 3.8) is 0 Å². The number of rotatable bonds is 3. The molecule has 2 rings (SSSR count). The SMILES string of the molecule is CCCN(C(N)=O)[C@]1(C#N)CC(C)(C)Oc2ccccc21. The first-order chi connectivity index (χ1) is 9.86. The average molecular weight is 287 g/mol. The molecule has 5 nitrogen and oxygen atoms in total. The molecule has 1 aliphatic rings. The van der Waals surface area contributed by atoms with Crippen molar-refractivity contribution in [3.05, 3.63) is 29.8 Å². The number of carbonyl (C=O) groups is 1. The van der Waals surface area contributed by atoms with Gasteiger partial charge in [-0.05, 0) is 26.3 Å². The molecule has 1 aromatic rings. The summed E-state index contributed by atoms with van der Waals surface area (Å²) in [7, 11) is 0. The molecule has 1 heterocycles. The van der Waals surface area contributed by atoms with Crippen molar-refractivity contribution in [3.8, 4) is 11.8 Å². The fourth-order valence-corrected chi connectivity index (χ4v) is 3.06. The number of carbonyl (C=O) groups excluding carboxylic acids is 1. The van der Waals surface area contributed by atoms with Gasteiger partial charge in [0.2, 0.25) is 0 Å². The van der Waals surface area contributed by atoms with Crippen LogP contribution in [-0.4, -0.2) is 23.1 Å². The number of ether oxygens (including phenoxy) is 1. The van der Waals surface area contributed by atoms with Crippen LogP contribution < -0.4 is 10.5 Å². The first-order valence-electron chi connectivity index (χ1n) is 7.13. The predicted molar refractivity (Wildman–Crippen MR) is 79.6 cm³/mol. The molecule has 0 aromatic heterocycles. The van der Waals surface area contributed by atoms with Crippen molar-refractivity contribution in [1.82, 2.24) is 4.90 Å². The van der Waals surface area contributed by atoms with Gasteiger partial charge in [0.1, 0.15) is 11.4 Å². The Labute approximate surface area is 125 Å². The molecule has 2 N–H and O–H groups in total. The highest BCUT2D eigenvalue weighted by Gasteiger charge is 2.50. The number of hydrogen-bond acceptors (Lipinski definition) is 3. The van der Waals surface area contributed by atoms with Crippen molar-refractivity contribution < 1.29 is 9.53 Å². The van der Waals surface area contributed by atoms with Gasteiger partial charge in [0.25, 0.3) is 0 Å². The third-order valence-electron chi connectivity index (χ3n) is 3.76. The standard InChI is InChI=1S/C16H21N3O2/c1-4-9-19(14(18)20)16(11-17)10-15(2,3)21-13-8-6-5-7-12(13)16/h5-8H,4,9-10H2,1-3H3,(H2,18,20)/t16-/m0/s1. The Hall–Kier alpha value is -2.22. The van der Waals surface area contributed by atoms with Gasteiger partial charge in [-0.3, -0.25) is 0 Å². The van der Waals surface area contributed by atoms with Gasteiger partial charge in [0.15, 0.2) is 5.54 Å². The zero-order valence-corrected chi connectivity index (χ0v) is 12.7. The summed E-state index contributed by atoms with van der Waals surface area (Å²) >= 11 is 0. The summed E-state index contributed by atoms with van der Waals surface area (Å²) in [5.74, 6) is 0.637. The molecule has 21 heavy (non-hydrogen) atoms. The lowest BCUT2D eigenvalue weighted by Gasteiger charge is -2.47. The number of hydrogen-bond donors (Lipinski definition) is 1. The summed E-state index contributed by atoms with van der Waals surface area (Å²) in [6.07, 6.45) is 1.12. The van der Waals surface area contributed by atoms with E-state index >= 15 is 0 Å². The van der Waals surface area contributed by atoms with Crippen LogP contribution in [0.15, 0.2) is 24.3 Å². The number of benzene rings is 1. The predicted octanol–water partition coefficient (Wildman–Crippen LogP) is 2.76. The molecule has 1 aliphatic heterocycles. The monoisotopic (exact) mass is 287 g/mol. The molecular formula is C16H21N3O2. The summed E-state index contributed by atoms with van der Waals surface area (Å²) in [5, 5.41) is 9.91. The first-order valence-corrected chi connectivity index (χ1v) is 7.13. The lowest BCUT2D eigenvalue weighted by atomic mass is 9.77. The van der Waals surface area contributed by atoms with E-state index in [9.17, 15) is 10.1 Å². The minimum Gasteiger partial charge on any atom is -0.487 e. The minimum absolute atomic E-state index is 0.385. The van der Waals surface area contributed by atoms with Crippen molar-refractivity contribution in [1.29, 1.82) is 5.26 Å². The lowest BCUT2D eigenvalue weighted by molar-refractivity contribution is 0.0146. The van der Waals surface area contributed by atoms with Gasteiger partial charge in [-0.15, -0.1) is 0 Å². The van der Waals surface area contributed by atoms with Crippen LogP contribution in [0.25, 0.3) is 0 Å². The minimum atomic E-state index is -1.08. The lowest BCUT2D eigenvalue weighted by Crippen LogP contribution is -2.57. The van der Waals surface area contributed by atoms with Crippen molar-refractivity contribution in [2.75, 3.05) is 6.54 Å². The summed E-state index contributed by atoms with van der Waals surface area (Å²) in [5.41, 5.74) is 4.63. The van der Waals surface area contributed by atoms with Crippen LogP contribution >= 0.6 is 0 Å². The zero-order chi connectivity index (χ0) is 15.7. The van der Waals surface area contributed by atoms with Gasteiger partial charge in [-0.25, -0.2) is 4.79 Å². The molecule has 0 radical (unpaired) electrons. The third-order valence-corrected chi connectivity index (χ3v) is 3.76. The maximum Gasteiger partial charge on any atom is 0.316 e. The Balaban J connectivity index is 2.66. The number of urea groups is 1. The van der Waals surface area contributed by atoms with Gasteiger partial charge in [0, 0.05) is 18.5 Å². The van der Waals surface area contributed by atoms with Crippen molar-refractivity contribution in [2.24, 2.45) is 5.73 Å². The highest BCUT2D eigenvalue weighted by molar-refractivity contribution is 5.74.